The lowest BCUT2D eigenvalue weighted by Gasteiger charge is -2.40. The largest absolute Gasteiger partial charge is 0.345 e. The van der Waals surface area contributed by atoms with Crippen LogP contribution in [0.25, 0.3) is 0 Å². The van der Waals surface area contributed by atoms with Crippen molar-refractivity contribution in [3.8, 4) is 0 Å². The van der Waals surface area contributed by atoms with Gasteiger partial charge in [0.15, 0.2) is 12.4 Å². The highest BCUT2D eigenvalue weighted by Crippen LogP contribution is 2.26. The summed E-state index contributed by atoms with van der Waals surface area (Å²) in [5, 5.41) is 10.2. The van der Waals surface area contributed by atoms with Crippen LogP contribution < -0.4 is 0 Å². The maximum Gasteiger partial charge on any atom is 0.189 e. The Kier molecular flexibility index (Phi) is 17.3. The summed E-state index contributed by atoms with van der Waals surface area (Å²) >= 11 is 0. The van der Waals surface area contributed by atoms with E-state index in [1.54, 1.807) is 0 Å². The number of rotatable bonds is 21. The molecule has 0 aromatic rings. The molecule has 0 aliphatic carbocycles. The van der Waals surface area contributed by atoms with E-state index >= 15 is 0 Å². The second kappa shape index (κ2) is 18.9. The molecular formula is C28H55N2O+. The van der Waals surface area contributed by atoms with Gasteiger partial charge in [-0.05, 0) is 39.0 Å². The van der Waals surface area contributed by atoms with Crippen LogP contribution in [0.1, 0.15) is 136 Å². The molecule has 3 atom stereocenters. The van der Waals surface area contributed by atoms with Gasteiger partial charge in [0.2, 0.25) is 0 Å². The van der Waals surface area contributed by atoms with E-state index in [1.807, 2.05) is 13.1 Å². The Hall–Kier alpha value is -0.670. The van der Waals surface area contributed by atoms with Crippen molar-refractivity contribution in [1.82, 2.24) is 0 Å². The van der Waals surface area contributed by atoms with Crippen LogP contribution in [0.2, 0.25) is 0 Å². The quantitative estimate of drug-likeness (QED) is 0.110. The molecule has 1 aliphatic rings. The van der Waals surface area contributed by atoms with Gasteiger partial charge in [-0.1, -0.05) is 96.1 Å². The molecule has 3 unspecified atom stereocenters. The molecule has 1 heterocycles. The molecule has 0 saturated carbocycles. The van der Waals surface area contributed by atoms with Gasteiger partial charge in [0, 0.05) is 13.3 Å². The second-order valence-corrected chi connectivity index (χ2v) is 9.83. The molecular weight excluding hydrogens is 380 g/mol. The van der Waals surface area contributed by atoms with Crippen molar-refractivity contribution in [1.29, 1.82) is 0 Å². The molecule has 1 N–H and O–H groups in total. The van der Waals surface area contributed by atoms with Gasteiger partial charge >= 0.3 is 0 Å². The van der Waals surface area contributed by atoms with Crippen molar-refractivity contribution < 1.29 is 9.59 Å². The molecule has 3 nitrogen and oxygen atoms in total. The van der Waals surface area contributed by atoms with Crippen LogP contribution in [0.5, 0.6) is 0 Å². The smallest absolute Gasteiger partial charge is 0.189 e. The Morgan fingerprint density at radius 3 is 1.77 bits per heavy atom. The van der Waals surface area contributed by atoms with E-state index in [4.69, 9.17) is 0 Å². The summed E-state index contributed by atoms with van der Waals surface area (Å²) in [6, 6.07) is 0. The van der Waals surface area contributed by atoms with Crippen molar-refractivity contribution in [3.63, 3.8) is 0 Å². The Bertz CT molecular complexity index is 460. The normalized spacial score (nSPS) is 22.0. The monoisotopic (exact) mass is 435 g/mol. The van der Waals surface area contributed by atoms with E-state index in [1.165, 1.54) is 109 Å². The standard InChI is InChI=1S/C28H55N2O/c1-4-6-7-8-9-10-11-12-13-14-15-16-17-18-19-20-21-22-23-24-28-29-25-26-30(28,5-2)27(3)31/h18-19,25,27-28,31H,4-17,20-24,26H2,1-3H3/q+1/b19-18+. The minimum atomic E-state index is -0.319. The third-order valence-electron chi connectivity index (χ3n) is 7.35. The van der Waals surface area contributed by atoms with Gasteiger partial charge in [-0.3, -0.25) is 4.48 Å². The minimum absolute atomic E-state index is 0.270. The molecule has 0 aromatic carbocycles. The molecule has 182 valence electrons. The fourth-order valence-electron chi connectivity index (χ4n) is 5.02. The van der Waals surface area contributed by atoms with Crippen LogP contribution in [-0.4, -0.2) is 41.3 Å². The fraction of sp³-hybridized carbons (Fsp3) is 0.893. The predicted octanol–water partition coefficient (Wildman–Crippen LogP) is 8.17. The van der Waals surface area contributed by atoms with E-state index in [0.29, 0.717) is 0 Å². The molecule has 0 bridgehead atoms. The Labute approximate surface area is 195 Å². The summed E-state index contributed by atoms with van der Waals surface area (Å²) in [6.07, 6.45) is 31.3. The van der Waals surface area contributed by atoms with E-state index < -0.39 is 0 Å². The lowest BCUT2D eigenvalue weighted by atomic mass is 10.0. The molecule has 0 amide bonds. The van der Waals surface area contributed by atoms with Gasteiger partial charge < -0.3 is 5.11 Å². The summed E-state index contributed by atoms with van der Waals surface area (Å²) < 4.78 is 0.735. The summed E-state index contributed by atoms with van der Waals surface area (Å²) in [5.41, 5.74) is 0. The molecule has 0 radical (unpaired) electrons. The predicted molar refractivity (Wildman–Crippen MR) is 138 cm³/mol. The highest BCUT2D eigenvalue weighted by atomic mass is 16.3. The first-order valence-corrected chi connectivity index (χ1v) is 13.9. The van der Waals surface area contributed by atoms with E-state index in [-0.39, 0.29) is 12.4 Å². The zero-order valence-electron chi connectivity index (χ0n) is 21.4. The first-order chi connectivity index (χ1) is 15.2. The molecule has 0 saturated heterocycles. The number of quaternary nitrogens is 1. The van der Waals surface area contributed by atoms with Crippen LogP contribution in [-0.2, 0) is 0 Å². The number of allylic oxidation sites excluding steroid dienone is 2. The number of aliphatic hydroxyl groups excluding tert-OH is 1. The topological polar surface area (TPSA) is 32.6 Å². The van der Waals surface area contributed by atoms with Gasteiger partial charge in [-0.2, -0.15) is 0 Å². The van der Waals surface area contributed by atoms with Crippen molar-refractivity contribution in [3.05, 3.63) is 12.2 Å². The van der Waals surface area contributed by atoms with Crippen molar-refractivity contribution in [2.75, 3.05) is 13.1 Å². The third kappa shape index (κ3) is 12.2. The maximum atomic E-state index is 10.2. The highest BCUT2D eigenvalue weighted by Gasteiger charge is 2.41. The maximum absolute atomic E-state index is 10.2. The number of nitrogens with zero attached hydrogens (tertiary/aromatic N) is 2. The highest BCUT2D eigenvalue weighted by molar-refractivity contribution is 5.60. The molecule has 3 heteroatoms. The summed E-state index contributed by atoms with van der Waals surface area (Å²) in [6.45, 7) is 8.24. The number of unbranched alkanes of at least 4 members (excludes halogenated alkanes) is 15. The lowest BCUT2D eigenvalue weighted by molar-refractivity contribution is -0.976. The van der Waals surface area contributed by atoms with Crippen LogP contribution in [0, 0.1) is 0 Å². The van der Waals surface area contributed by atoms with E-state index in [9.17, 15) is 5.11 Å². The Morgan fingerprint density at radius 2 is 1.29 bits per heavy atom. The Morgan fingerprint density at radius 1 is 0.806 bits per heavy atom. The SMILES string of the molecule is CCCCCCCCCCCCCC/C=C/CCCCCC1N=CC[N+]1(CC)C(C)O. The number of aliphatic imine (C=N–C) groups is 1. The Balaban J connectivity index is 1.86. The van der Waals surface area contributed by atoms with Gasteiger partial charge in [-0.15, -0.1) is 0 Å². The van der Waals surface area contributed by atoms with Gasteiger partial charge in [-0.25, -0.2) is 4.99 Å². The van der Waals surface area contributed by atoms with Crippen LogP contribution in [0.3, 0.4) is 0 Å². The molecule has 1 aliphatic heterocycles. The van der Waals surface area contributed by atoms with Crippen LogP contribution >= 0.6 is 0 Å². The number of hydrogen-bond acceptors (Lipinski definition) is 2. The number of aliphatic hydroxyl groups is 1. The fourth-order valence-corrected chi connectivity index (χ4v) is 5.02. The molecule has 1 rings (SSSR count). The van der Waals surface area contributed by atoms with Gasteiger partial charge in [0.05, 0.1) is 12.8 Å². The number of hydrogen-bond donors (Lipinski definition) is 1. The molecule has 0 aromatic heterocycles. The summed E-state index contributed by atoms with van der Waals surface area (Å²) in [4.78, 5) is 4.67. The van der Waals surface area contributed by atoms with Crippen molar-refractivity contribution in [2.45, 2.75) is 149 Å². The van der Waals surface area contributed by atoms with Crippen LogP contribution in [0.4, 0.5) is 0 Å². The van der Waals surface area contributed by atoms with E-state index in [2.05, 4.69) is 31.0 Å². The lowest BCUT2D eigenvalue weighted by Crippen LogP contribution is -2.57. The average molecular weight is 436 g/mol. The van der Waals surface area contributed by atoms with Crippen molar-refractivity contribution >= 4 is 6.21 Å². The van der Waals surface area contributed by atoms with Gasteiger partial charge in [0.25, 0.3) is 0 Å². The van der Waals surface area contributed by atoms with Crippen molar-refractivity contribution in [2.24, 2.45) is 4.99 Å². The van der Waals surface area contributed by atoms with Crippen LogP contribution in [0.15, 0.2) is 17.1 Å². The third-order valence-corrected chi connectivity index (χ3v) is 7.35. The minimum Gasteiger partial charge on any atom is -0.345 e. The molecule has 0 spiro atoms. The summed E-state index contributed by atoms with van der Waals surface area (Å²) in [7, 11) is 0. The van der Waals surface area contributed by atoms with E-state index in [0.717, 1.165) is 24.0 Å². The first kappa shape index (κ1) is 28.4. The zero-order chi connectivity index (χ0) is 22.6. The molecule has 0 fully saturated rings. The summed E-state index contributed by atoms with van der Waals surface area (Å²) in [5.74, 6) is 0. The first-order valence-electron chi connectivity index (χ1n) is 13.9. The van der Waals surface area contributed by atoms with Gasteiger partial charge in [0.1, 0.15) is 6.54 Å². The second-order valence-electron chi connectivity index (χ2n) is 9.83. The molecule has 31 heavy (non-hydrogen) atoms. The average Bonchev–Trinajstić information content (AvgIpc) is 3.19. The zero-order valence-corrected chi connectivity index (χ0v) is 21.4.